The first kappa shape index (κ1) is 22.8. The van der Waals surface area contributed by atoms with E-state index in [2.05, 4.69) is 10.1 Å². The molecule has 0 aliphatic carbocycles. The van der Waals surface area contributed by atoms with E-state index in [9.17, 15) is 35.2 Å². The van der Waals surface area contributed by atoms with Gasteiger partial charge in [-0.3, -0.25) is 4.79 Å². The van der Waals surface area contributed by atoms with Crippen LogP contribution in [0.2, 0.25) is 0 Å². The zero-order valence-electron chi connectivity index (χ0n) is 15.8. The summed E-state index contributed by atoms with van der Waals surface area (Å²) < 4.78 is 90.6. The Kier molecular flexibility index (Phi) is 6.39. The van der Waals surface area contributed by atoms with Crippen molar-refractivity contribution in [3.8, 4) is 5.75 Å². The third kappa shape index (κ3) is 5.43. The SMILES string of the molecule is O=C(CN1CCCc2cc(OC(F)(F)F)ccc21)Nc1ccccc1S(=O)(=O)C(F)F. The Morgan fingerprint density at radius 2 is 1.87 bits per heavy atom. The van der Waals surface area contributed by atoms with Crippen molar-refractivity contribution in [2.24, 2.45) is 0 Å². The van der Waals surface area contributed by atoms with E-state index in [4.69, 9.17) is 0 Å². The molecule has 1 aliphatic heterocycles. The van der Waals surface area contributed by atoms with Gasteiger partial charge < -0.3 is 15.0 Å². The predicted octanol–water partition coefficient (Wildman–Crippen LogP) is 3.97. The number of carbonyl (C=O) groups is 1. The van der Waals surface area contributed by atoms with Gasteiger partial charge in [0.1, 0.15) is 5.75 Å². The Morgan fingerprint density at radius 1 is 1.16 bits per heavy atom. The van der Waals surface area contributed by atoms with Crippen LogP contribution < -0.4 is 15.0 Å². The second-order valence-electron chi connectivity index (χ2n) is 6.71. The van der Waals surface area contributed by atoms with Crippen molar-refractivity contribution in [3.05, 3.63) is 48.0 Å². The van der Waals surface area contributed by atoms with Crippen molar-refractivity contribution in [1.29, 1.82) is 0 Å². The third-order valence-electron chi connectivity index (χ3n) is 4.54. The smallest absolute Gasteiger partial charge is 0.406 e. The van der Waals surface area contributed by atoms with Gasteiger partial charge >= 0.3 is 12.1 Å². The molecule has 3 rings (SSSR count). The number of alkyl halides is 5. The number of ether oxygens (including phenoxy) is 1. The van der Waals surface area contributed by atoms with E-state index in [1.807, 2.05) is 0 Å². The summed E-state index contributed by atoms with van der Waals surface area (Å²) in [7, 11) is -4.92. The normalized spacial score (nSPS) is 14.3. The Morgan fingerprint density at radius 3 is 2.55 bits per heavy atom. The summed E-state index contributed by atoms with van der Waals surface area (Å²) in [5.74, 6) is -4.68. The molecule has 0 unspecified atom stereocenters. The largest absolute Gasteiger partial charge is 0.573 e. The van der Waals surface area contributed by atoms with Crippen LogP contribution in [0.5, 0.6) is 5.75 Å². The Balaban J connectivity index is 1.77. The van der Waals surface area contributed by atoms with Gasteiger partial charge in [-0.25, -0.2) is 8.42 Å². The quantitative estimate of drug-likeness (QED) is 0.655. The number of anilines is 2. The van der Waals surface area contributed by atoms with Gasteiger partial charge in [-0.2, -0.15) is 8.78 Å². The van der Waals surface area contributed by atoms with E-state index < -0.39 is 32.8 Å². The molecule has 0 aromatic heterocycles. The topological polar surface area (TPSA) is 75.7 Å². The molecule has 31 heavy (non-hydrogen) atoms. The first-order valence-electron chi connectivity index (χ1n) is 9.02. The van der Waals surface area contributed by atoms with Crippen LogP contribution in [0.25, 0.3) is 0 Å². The van der Waals surface area contributed by atoms with Crippen molar-refractivity contribution in [2.45, 2.75) is 29.9 Å². The number of benzene rings is 2. The first-order valence-corrected chi connectivity index (χ1v) is 10.6. The van der Waals surface area contributed by atoms with E-state index >= 15 is 0 Å². The number of amides is 1. The van der Waals surface area contributed by atoms with Gasteiger partial charge in [0, 0.05) is 12.2 Å². The van der Waals surface area contributed by atoms with Gasteiger partial charge in [-0.15, -0.1) is 13.2 Å². The van der Waals surface area contributed by atoms with Crippen LogP contribution in [0.15, 0.2) is 47.4 Å². The summed E-state index contributed by atoms with van der Waals surface area (Å²) in [6, 6.07) is 8.58. The number of halogens is 5. The number of hydrogen-bond acceptors (Lipinski definition) is 5. The zero-order chi connectivity index (χ0) is 22.8. The summed E-state index contributed by atoms with van der Waals surface area (Å²) in [5, 5.41) is 2.33. The van der Waals surface area contributed by atoms with E-state index in [0.29, 0.717) is 30.6 Å². The number of carbonyl (C=O) groups excluding carboxylic acids is 1. The van der Waals surface area contributed by atoms with Crippen LogP contribution >= 0.6 is 0 Å². The second kappa shape index (κ2) is 8.69. The molecule has 1 aliphatic rings. The van der Waals surface area contributed by atoms with E-state index in [-0.39, 0.29) is 18.0 Å². The lowest BCUT2D eigenvalue weighted by atomic mass is 10.0. The second-order valence-corrected chi connectivity index (χ2v) is 8.60. The van der Waals surface area contributed by atoms with Crippen LogP contribution in [-0.4, -0.2) is 39.5 Å². The van der Waals surface area contributed by atoms with E-state index in [0.717, 1.165) is 12.1 Å². The molecule has 0 spiro atoms. The molecule has 0 saturated heterocycles. The molecule has 0 saturated carbocycles. The van der Waals surface area contributed by atoms with Crippen molar-refractivity contribution in [2.75, 3.05) is 23.3 Å². The third-order valence-corrected chi connectivity index (χ3v) is 5.97. The van der Waals surface area contributed by atoms with Gasteiger partial charge in [0.15, 0.2) is 0 Å². The molecular formula is C19H17F5N2O4S. The Hall–Kier alpha value is -2.89. The molecule has 2 aromatic carbocycles. The highest BCUT2D eigenvalue weighted by Gasteiger charge is 2.32. The number of nitrogens with zero attached hydrogens (tertiary/aromatic N) is 1. The lowest BCUT2D eigenvalue weighted by molar-refractivity contribution is -0.274. The fourth-order valence-electron chi connectivity index (χ4n) is 3.29. The monoisotopic (exact) mass is 464 g/mol. The van der Waals surface area contributed by atoms with E-state index in [1.165, 1.54) is 30.3 Å². The van der Waals surface area contributed by atoms with Gasteiger partial charge in [0.25, 0.3) is 0 Å². The summed E-state index contributed by atoms with van der Waals surface area (Å²) in [6.07, 6.45) is -3.78. The highest BCUT2D eigenvalue weighted by atomic mass is 32.2. The maximum atomic E-state index is 12.9. The van der Waals surface area contributed by atoms with Crippen molar-refractivity contribution < 1.29 is 39.9 Å². The minimum Gasteiger partial charge on any atom is -0.406 e. The Labute approximate surface area is 174 Å². The highest BCUT2D eigenvalue weighted by molar-refractivity contribution is 7.91. The molecule has 2 aromatic rings. The zero-order valence-corrected chi connectivity index (χ0v) is 16.6. The molecular weight excluding hydrogens is 447 g/mol. The summed E-state index contributed by atoms with van der Waals surface area (Å²) in [4.78, 5) is 13.4. The number of nitrogens with one attached hydrogen (secondary N) is 1. The summed E-state index contributed by atoms with van der Waals surface area (Å²) in [5.41, 5.74) is 0.810. The van der Waals surface area contributed by atoms with Crippen LogP contribution in [0.3, 0.4) is 0 Å². The van der Waals surface area contributed by atoms with Gasteiger partial charge in [0.05, 0.1) is 17.1 Å². The van der Waals surface area contributed by atoms with Crippen LogP contribution in [-0.2, 0) is 21.1 Å². The number of para-hydroxylation sites is 1. The minimum absolute atomic E-state index is 0.254. The molecule has 1 heterocycles. The van der Waals surface area contributed by atoms with Crippen molar-refractivity contribution in [1.82, 2.24) is 0 Å². The molecule has 12 heteroatoms. The summed E-state index contributed by atoms with van der Waals surface area (Å²) in [6.45, 7) is 0.173. The molecule has 0 radical (unpaired) electrons. The molecule has 1 N–H and O–H groups in total. The average molecular weight is 464 g/mol. The van der Waals surface area contributed by atoms with Crippen LogP contribution in [0, 0.1) is 0 Å². The van der Waals surface area contributed by atoms with Crippen molar-refractivity contribution >= 4 is 27.1 Å². The van der Waals surface area contributed by atoms with Crippen LogP contribution in [0.1, 0.15) is 12.0 Å². The number of hydrogen-bond donors (Lipinski definition) is 1. The lowest BCUT2D eigenvalue weighted by Gasteiger charge is -2.31. The lowest BCUT2D eigenvalue weighted by Crippen LogP contribution is -2.37. The molecule has 0 atom stereocenters. The molecule has 0 bridgehead atoms. The number of sulfone groups is 1. The number of rotatable bonds is 6. The van der Waals surface area contributed by atoms with Crippen LogP contribution in [0.4, 0.5) is 33.3 Å². The predicted molar refractivity (Wildman–Crippen MR) is 102 cm³/mol. The number of aryl methyl sites for hydroxylation is 1. The highest BCUT2D eigenvalue weighted by Crippen LogP contribution is 2.33. The molecule has 6 nitrogen and oxygen atoms in total. The molecule has 1 amide bonds. The maximum Gasteiger partial charge on any atom is 0.573 e. The minimum atomic E-state index is -4.92. The first-order chi connectivity index (χ1) is 14.5. The van der Waals surface area contributed by atoms with Gasteiger partial charge in [0.2, 0.25) is 15.7 Å². The summed E-state index contributed by atoms with van der Waals surface area (Å²) >= 11 is 0. The fourth-order valence-corrected chi connectivity index (χ4v) is 4.18. The van der Waals surface area contributed by atoms with E-state index in [1.54, 1.807) is 4.90 Å². The van der Waals surface area contributed by atoms with Gasteiger partial charge in [-0.05, 0) is 48.7 Å². The molecule has 168 valence electrons. The van der Waals surface area contributed by atoms with Crippen molar-refractivity contribution in [3.63, 3.8) is 0 Å². The Bertz CT molecular complexity index is 1070. The van der Waals surface area contributed by atoms with Gasteiger partial charge in [-0.1, -0.05) is 12.1 Å². The molecule has 0 fully saturated rings. The standard InChI is InChI=1S/C19H17F5N2O4S/c20-18(21)31(28,29)16-6-2-1-5-14(16)25-17(27)11-26-9-3-4-12-10-13(7-8-15(12)26)30-19(22,23)24/h1-2,5-8,10,18H,3-4,9,11H2,(H,25,27). The fraction of sp³-hybridized carbons (Fsp3) is 0.316. The maximum absolute atomic E-state index is 12.9. The average Bonchev–Trinajstić information content (AvgIpc) is 2.67. The number of fused-ring (bicyclic) bond motifs is 1.